The average molecular weight is 349 g/mol. The fourth-order valence-corrected chi connectivity index (χ4v) is 3.25. The molecule has 0 aliphatic carbocycles. The molecule has 2 radical (unpaired) electrons. The van der Waals surface area contributed by atoms with Gasteiger partial charge in [0.05, 0.1) is 0 Å². The monoisotopic (exact) mass is 348 g/mol. The van der Waals surface area contributed by atoms with Crippen LogP contribution in [0.4, 0.5) is 0 Å². The molecule has 2 aromatic carbocycles. The zero-order valence-corrected chi connectivity index (χ0v) is 18.1. The summed E-state index contributed by atoms with van der Waals surface area (Å²) in [5.41, 5.74) is 8.71. The predicted octanol–water partition coefficient (Wildman–Crippen LogP) is 7.06. The SMILES string of the molecule is Cc1c[c]c(C(C)(C)C)cc1CCCCc1cc(C(C)(C)C)[c]cc1C. The lowest BCUT2D eigenvalue weighted by atomic mass is 9.84. The number of benzene rings is 2. The van der Waals surface area contributed by atoms with Crippen LogP contribution in [0.3, 0.4) is 0 Å². The Kier molecular flexibility index (Phi) is 6.37. The zero-order chi connectivity index (χ0) is 19.5. The molecule has 2 aromatic rings. The maximum absolute atomic E-state index is 3.46. The van der Waals surface area contributed by atoms with Gasteiger partial charge in [-0.1, -0.05) is 65.8 Å². The molecular formula is C26H36. The topological polar surface area (TPSA) is 0 Å². The predicted molar refractivity (Wildman–Crippen MR) is 114 cm³/mol. The van der Waals surface area contributed by atoms with Gasteiger partial charge in [-0.05, 0) is 95.9 Å². The molecule has 0 atom stereocenters. The van der Waals surface area contributed by atoms with Crippen molar-refractivity contribution in [3.05, 3.63) is 69.8 Å². The Labute approximate surface area is 162 Å². The van der Waals surface area contributed by atoms with Crippen LogP contribution in [0.25, 0.3) is 0 Å². The molecule has 0 bridgehead atoms. The number of rotatable bonds is 5. The van der Waals surface area contributed by atoms with Gasteiger partial charge >= 0.3 is 0 Å². The van der Waals surface area contributed by atoms with E-state index in [0.29, 0.717) is 0 Å². The number of hydrogen-bond acceptors (Lipinski definition) is 0. The van der Waals surface area contributed by atoms with Crippen molar-refractivity contribution in [1.82, 2.24) is 0 Å². The molecule has 0 saturated carbocycles. The van der Waals surface area contributed by atoms with Crippen LogP contribution in [0.2, 0.25) is 0 Å². The van der Waals surface area contributed by atoms with Crippen LogP contribution in [0.5, 0.6) is 0 Å². The summed E-state index contributed by atoms with van der Waals surface area (Å²) in [6.07, 6.45) is 4.79. The second kappa shape index (κ2) is 7.99. The summed E-state index contributed by atoms with van der Waals surface area (Å²) in [5, 5.41) is 0. The van der Waals surface area contributed by atoms with Crippen molar-refractivity contribution in [1.29, 1.82) is 0 Å². The summed E-state index contributed by atoms with van der Waals surface area (Å²) in [7, 11) is 0. The summed E-state index contributed by atoms with van der Waals surface area (Å²) in [6, 6.07) is 16.0. The van der Waals surface area contributed by atoms with E-state index in [0.717, 1.165) is 12.8 Å². The van der Waals surface area contributed by atoms with Crippen molar-refractivity contribution in [2.24, 2.45) is 0 Å². The molecule has 0 aromatic heterocycles. The van der Waals surface area contributed by atoms with E-state index < -0.39 is 0 Å². The molecule has 140 valence electrons. The van der Waals surface area contributed by atoms with E-state index in [2.05, 4.69) is 91.8 Å². The van der Waals surface area contributed by atoms with E-state index >= 15 is 0 Å². The van der Waals surface area contributed by atoms with Gasteiger partial charge in [-0.3, -0.25) is 0 Å². The molecule has 0 heterocycles. The average Bonchev–Trinajstić information content (AvgIpc) is 2.52. The van der Waals surface area contributed by atoms with Crippen LogP contribution in [0.15, 0.2) is 24.3 Å². The van der Waals surface area contributed by atoms with Crippen LogP contribution in [0.1, 0.15) is 87.8 Å². The molecule has 0 heteroatoms. The van der Waals surface area contributed by atoms with Gasteiger partial charge in [-0.15, -0.1) is 0 Å². The van der Waals surface area contributed by atoms with E-state index in [1.165, 1.54) is 46.2 Å². The zero-order valence-electron chi connectivity index (χ0n) is 18.1. The summed E-state index contributed by atoms with van der Waals surface area (Å²) >= 11 is 0. The van der Waals surface area contributed by atoms with E-state index in [1.807, 2.05) is 0 Å². The van der Waals surface area contributed by atoms with Gasteiger partial charge in [0, 0.05) is 0 Å². The molecule has 0 nitrogen and oxygen atoms in total. The third kappa shape index (κ3) is 5.47. The Hall–Kier alpha value is -1.56. The summed E-state index contributed by atoms with van der Waals surface area (Å²) in [4.78, 5) is 0. The minimum Gasteiger partial charge on any atom is -0.0561 e. The lowest BCUT2D eigenvalue weighted by molar-refractivity contribution is 0.586. The van der Waals surface area contributed by atoms with Gasteiger partial charge in [-0.25, -0.2) is 0 Å². The number of aryl methyl sites for hydroxylation is 4. The summed E-state index contributed by atoms with van der Waals surface area (Å²) < 4.78 is 0. The molecule has 2 rings (SSSR count). The Morgan fingerprint density at radius 3 is 1.31 bits per heavy atom. The quantitative estimate of drug-likeness (QED) is 0.507. The molecule has 0 aliphatic rings. The third-order valence-electron chi connectivity index (χ3n) is 5.30. The van der Waals surface area contributed by atoms with Gasteiger partial charge in [0.1, 0.15) is 0 Å². The highest BCUT2D eigenvalue weighted by Crippen LogP contribution is 2.26. The van der Waals surface area contributed by atoms with Crippen LogP contribution < -0.4 is 0 Å². The lowest BCUT2D eigenvalue weighted by Gasteiger charge is -2.21. The Balaban J connectivity index is 2.00. The molecule has 0 spiro atoms. The molecule has 0 N–H and O–H groups in total. The molecule has 0 fully saturated rings. The van der Waals surface area contributed by atoms with E-state index in [4.69, 9.17) is 0 Å². The van der Waals surface area contributed by atoms with Crippen molar-refractivity contribution >= 4 is 0 Å². The fraction of sp³-hybridized carbons (Fsp3) is 0.538. The largest absolute Gasteiger partial charge is 0.0561 e. The highest BCUT2D eigenvalue weighted by molar-refractivity contribution is 5.35. The van der Waals surface area contributed by atoms with Crippen LogP contribution in [-0.4, -0.2) is 0 Å². The maximum atomic E-state index is 3.46. The Morgan fingerprint density at radius 1 is 0.654 bits per heavy atom. The normalized spacial score (nSPS) is 12.5. The molecular weight excluding hydrogens is 312 g/mol. The highest BCUT2D eigenvalue weighted by Gasteiger charge is 2.16. The van der Waals surface area contributed by atoms with Crippen molar-refractivity contribution in [3.63, 3.8) is 0 Å². The second-order valence-electron chi connectivity index (χ2n) is 9.82. The Bertz CT molecular complexity index is 670. The highest BCUT2D eigenvalue weighted by atomic mass is 14.2. The maximum Gasteiger partial charge on any atom is -0.0126 e. The van der Waals surface area contributed by atoms with Crippen molar-refractivity contribution < 1.29 is 0 Å². The van der Waals surface area contributed by atoms with Gasteiger partial charge in [0.25, 0.3) is 0 Å². The van der Waals surface area contributed by atoms with Crippen LogP contribution >= 0.6 is 0 Å². The second-order valence-corrected chi connectivity index (χ2v) is 9.82. The Morgan fingerprint density at radius 2 is 1.00 bits per heavy atom. The van der Waals surface area contributed by atoms with Crippen LogP contribution in [-0.2, 0) is 23.7 Å². The summed E-state index contributed by atoms with van der Waals surface area (Å²) in [6.45, 7) is 18.0. The van der Waals surface area contributed by atoms with Crippen LogP contribution in [0, 0.1) is 26.0 Å². The number of unbranched alkanes of at least 4 members (excludes halogenated alkanes) is 1. The molecule has 26 heavy (non-hydrogen) atoms. The minimum absolute atomic E-state index is 0.170. The first kappa shape index (κ1) is 20.7. The number of hydrogen-bond donors (Lipinski definition) is 0. The first-order chi connectivity index (χ1) is 12.0. The fourth-order valence-electron chi connectivity index (χ4n) is 3.25. The van der Waals surface area contributed by atoms with Crippen molar-refractivity contribution in [2.45, 2.75) is 91.9 Å². The molecule has 0 amide bonds. The van der Waals surface area contributed by atoms with Gasteiger partial charge in [-0.2, -0.15) is 0 Å². The summed E-state index contributed by atoms with van der Waals surface area (Å²) in [5.74, 6) is 0. The van der Waals surface area contributed by atoms with Gasteiger partial charge in [0.2, 0.25) is 0 Å². The van der Waals surface area contributed by atoms with E-state index in [1.54, 1.807) is 0 Å². The van der Waals surface area contributed by atoms with Crippen molar-refractivity contribution in [2.75, 3.05) is 0 Å². The van der Waals surface area contributed by atoms with Crippen molar-refractivity contribution in [3.8, 4) is 0 Å². The van der Waals surface area contributed by atoms with E-state index in [-0.39, 0.29) is 10.8 Å². The third-order valence-corrected chi connectivity index (χ3v) is 5.30. The minimum atomic E-state index is 0.170. The molecule has 0 aliphatic heterocycles. The first-order valence-electron chi connectivity index (χ1n) is 10.0. The van der Waals surface area contributed by atoms with E-state index in [9.17, 15) is 0 Å². The first-order valence-corrected chi connectivity index (χ1v) is 10.0. The smallest absolute Gasteiger partial charge is 0.0126 e. The molecule has 0 saturated heterocycles. The standard InChI is InChI=1S/C26H36/c1-19-13-15-23(25(3,4)5)17-21(19)11-9-10-12-22-18-24(26(6,7)8)16-14-20(22)2/h13-14,17-18H,9-12H2,1-8H3. The molecule has 0 unspecified atom stereocenters. The van der Waals surface area contributed by atoms with Gasteiger partial charge < -0.3 is 0 Å². The lowest BCUT2D eigenvalue weighted by Crippen LogP contribution is -2.12. The van der Waals surface area contributed by atoms with Gasteiger partial charge in [0.15, 0.2) is 0 Å².